The van der Waals surface area contributed by atoms with Crippen LogP contribution in [0.2, 0.25) is 0 Å². The molecular formula is C22H15F3N4O3. The summed E-state index contributed by atoms with van der Waals surface area (Å²) in [5, 5.41) is 10.4. The summed E-state index contributed by atoms with van der Waals surface area (Å²) >= 11 is 0. The summed E-state index contributed by atoms with van der Waals surface area (Å²) in [5.41, 5.74) is 0.449. The highest BCUT2D eigenvalue weighted by molar-refractivity contribution is 6.05. The van der Waals surface area contributed by atoms with E-state index in [9.17, 15) is 22.8 Å². The zero-order valence-electron chi connectivity index (χ0n) is 16.6. The van der Waals surface area contributed by atoms with Crippen LogP contribution in [0.1, 0.15) is 31.8 Å². The van der Waals surface area contributed by atoms with Crippen LogP contribution in [0.15, 0.2) is 67.0 Å². The molecule has 2 heterocycles. The van der Waals surface area contributed by atoms with E-state index >= 15 is 0 Å². The number of carbonyl (C=O) groups is 2. The van der Waals surface area contributed by atoms with Crippen LogP contribution in [-0.4, -0.2) is 26.7 Å². The van der Waals surface area contributed by atoms with E-state index in [-0.39, 0.29) is 22.6 Å². The predicted octanol–water partition coefficient (Wildman–Crippen LogP) is 4.53. The van der Waals surface area contributed by atoms with Gasteiger partial charge < -0.3 is 10.1 Å². The summed E-state index contributed by atoms with van der Waals surface area (Å²) < 4.78 is 45.4. The Morgan fingerprint density at radius 3 is 2.62 bits per heavy atom. The Kier molecular flexibility index (Phi) is 5.35. The van der Waals surface area contributed by atoms with E-state index in [1.165, 1.54) is 41.3 Å². The lowest BCUT2D eigenvalue weighted by Gasteiger charge is -2.11. The number of carbonyl (C=O) groups excluding carboxylic acids is 2. The Morgan fingerprint density at radius 2 is 1.84 bits per heavy atom. The molecule has 0 radical (unpaired) electrons. The standard InChI is InChI=1S/C22H15F3N4O3/c1-13-7-8-14(20(30)28-16-5-2-4-15(11-16)22(23,24)25)10-19(13)32-21(31)17-12-27-29-18(17)6-3-9-26-29/h2-12H,1H3,(H,28,30). The normalized spacial score (nSPS) is 11.4. The molecule has 0 fully saturated rings. The Morgan fingerprint density at radius 1 is 1.03 bits per heavy atom. The minimum Gasteiger partial charge on any atom is -0.423 e. The molecule has 0 saturated carbocycles. The van der Waals surface area contributed by atoms with Crippen LogP contribution in [-0.2, 0) is 6.18 Å². The maximum absolute atomic E-state index is 12.9. The van der Waals surface area contributed by atoms with Gasteiger partial charge in [0, 0.05) is 17.4 Å². The van der Waals surface area contributed by atoms with E-state index < -0.39 is 23.6 Å². The lowest BCUT2D eigenvalue weighted by atomic mass is 10.1. The first-order chi connectivity index (χ1) is 15.2. The summed E-state index contributed by atoms with van der Waals surface area (Å²) in [4.78, 5) is 25.2. The van der Waals surface area contributed by atoms with Crippen molar-refractivity contribution in [1.82, 2.24) is 14.8 Å². The molecule has 4 aromatic rings. The average Bonchev–Trinajstić information content (AvgIpc) is 3.19. The second-order valence-corrected chi connectivity index (χ2v) is 6.86. The average molecular weight is 440 g/mol. The van der Waals surface area contributed by atoms with Crippen LogP contribution in [0.4, 0.5) is 18.9 Å². The van der Waals surface area contributed by atoms with E-state index in [0.717, 1.165) is 12.1 Å². The van der Waals surface area contributed by atoms with Gasteiger partial charge in [-0.05, 0) is 55.0 Å². The summed E-state index contributed by atoms with van der Waals surface area (Å²) in [5.74, 6) is -1.21. The van der Waals surface area contributed by atoms with Crippen molar-refractivity contribution < 1.29 is 27.5 Å². The van der Waals surface area contributed by atoms with Crippen molar-refractivity contribution in [2.75, 3.05) is 5.32 Å². The molecule has 0 spiro atoms. The number of anilines is 1. The fourth-order valence-electron chi connectivity index (χ4n) is 2.97. The van der Waals surface area contributed by atoms with E-state index in [4.69, 9.17) is 4.74 Å². The molecule has 4 rings (SSSR count). The Labute approximate surface area is 179 Å². The molecule has 0 aliphatic carbocycles. The van der Waals surface area contributed by atoms with Crippen LogP contribution in [0.5, 0.6) is 5.75 Å². The maximum atomic E-state index is 12.9. The van der Waals surface area contributed by atoms with Crippen LogP contribution < -0.4 is 10.1 Å². The van der Waals surface area contributed by atoms with Crippen LogP contribution >= 0.6 is 0 Å². The number of hydrogen-bond donors (Lipinski definition) is 1. The molecule has 1 N–H and O–H groups in total. The number of aromatic nitrogens is 3. The lowest BCUT2D eigenvalue weighted by molar-refractivity contribution is -0.137. The second-order valence-electron chi connectivity index (χ2n) is 6.86. The molecule has 2 aromatic carbocycles. The number of alkyl halides is 3. The molecule has 32 heavy (non-hydrogen) atoms. The topological polar surface area (TPSA) is 85.6 Å². The number of fused-ring (bicyclic) bond motifs is 1. The molecule has 0 aliphatic heterocycles. The number of rotatable bonds is 4. The number of benzene rings is 2. The van der Waals surface area contributed by atoms with Crippen molar-refractivity contribution in [1.29, 1.82) is 0 Å². The molecule has 162 valence electrons. The molecule has 1 amide bonds. The monoisotopic (exact) mass is 440 g/mol. The first-order valence-electron chi connectivity index (χ1n) is 9.33. The van der Waals surface area contributed by atoms with Crippen LogP contribution in [0.3, 0.4) is 0 Å². The van der Waals surface area contributed by atoms with Gasteiger partial charge in [0.2, 0.25) is 0 Å². The minimum absolute atomic E-state index is 0.0113. The highest BCUT2D eigenvalue weighted by Crippen LogP contribution is 2.31. The third-order valence-corrected chi connectivity index (χ3v) is 4.62. The number of esters is 1. The van der Waals surface area contributed by atoms with Crippen molar-refractivity contribution in [2.45, 2.75) is 13.1 Å². The molecule has 0 saturated heterocycles. The van der Waals surface area contributed by atoms with Gasteiger partial charge in [-0.1, -0.05) is 12.1 Å². The van der Waals surface area contributed by atoms with Gasteiger partial charge in [-0.2, -0.15) is 28.0 Å². The quantitative estimate of drug-likeness (QED) is 0.372. The van der Waals surface area contributed by atoms with Crippen LogP contribution in [0.25, 0.3) is 5.52 Å². The first-order valence-corrected chi connectivity index (χ1v) is 9.33. The van der Waals surface area contributed by atoms with Gasteiger partial charge in [-0.15, -0.1) is 0 Å². The van der Waals surface area contributed by atoms with Gasteiger partial charge >= 0.3 is 12.1 Å². The van der Waals surface area contributed by atoms with Gasteiger partial charge in [0.15, 0.2) is 0 Å². The van der Waals surface area contributed by atoms with E-state index in [1.807, 2.05) is 0 Å². The minimum atomic E-state index is -4.53. The molecule has 0 bridgehead atoms. The van der Waals surface area contributed by atoms with Gasteiger partial charge in [0.25, 0.3) is 5.91 Å². The number of nitrogens with zero attached hydrogens (tertiary/aromatic N) is 3. The SMILES string of the molecule is Cc1ccc(C(=O)Nc2cccc(C(F)(F)F)c2)cc1OC(=O)c1cnn2ncccc12. The number of hydrogen-bond acceptors (Lipinski definition) is 5. The van der Waals surface area contributed by atoms with Crippen molar-refractivity contribution in [3.63, 3.8) is 0 Å². The number of nitrogens with one attached hydrogen (secondary N) is 1. The second kappa shape index (κ2) is 8.14. The maximum Gasteiger partial charge on any atom is 0.416 e. The molecule has 0 unspecified atom stereocenters. The zero-order chi connectivity index (χ0) is 22.9. The predicted molar refractivity (Wildman–Crippen MR) is 109 cm³/mol. The summed E-state index contributed by atoms with van der Waals surface area (Å²) in [6.45, 7) is 1.69. The van der Waals surface area contributed by atoms with Gasteiger partial charge in [0.05, 0.1) is 11.8 Å². The molecular weight excluding hydrogens is 425 g/mol. The van der Waals surface area contributed by atoms with Gasteiger partial charge in [-0.25, -0.2) is 4.79 Å². The summed E-state index contributed by atoms with van der Waals surface area (Å²) in [6.07, 6.45) is -1.68. The molecule has 0 atom stereocenters. The first kappa shape index (κ1) is 21.0. The third-order valence-electron chi connectivity index (χ3n) is 4.62. The fourth-order valence-corrected chi connectivity index (χ4v) is 2.97. The molecule has 0 aliphatic rings. The van der Waals surface area contributed by atoms with Gasteiger partial charge in [-0.3, -0.25) is 4.79 Å². The van der Waals surface area contributed by atoms with E-state index in [0.29, 0.717) is 11.1 Å². The Bertz CT molecular complexity index is 1330. The van der Waals surface area contributed by atoms with Crippen molar-refractivity contribution in [3.05, 3.63) is 89.2 Å². The van der Waals surface area contributed by atoms with Crippen molar-refractivity contribution in [3.8, 4) is 5.75 Å². The molecule has 10 heteroatoms. The number of ether oxygens (including phenoxy) is 1. The highest BCUT2D eigenvalue weighted by atomic mass is 19.4. The van der Waals surface area contributed by atoms with Crippen LogP contribution in [0, 0.1) is 6.92 Å². The van der Waals surface area contributed by atoms with E-state index in [1.54, 1.807) is 25.1 Å². The molecule has 2 aromatic heterocycles. The number of halogens is 3. The van der Waals surface area contributed by atoms with Crippen molar-refractivity contribution >= 4 is 23.1 Å². The summed E-state index contributed by atoms with van der Waals surface area (Å²) in [6, 6.07) is 12.0. The third kappa shape index (κ3) is 4.29. The number of amides is 1. The van der Waals surface area contributed by atoms with E-state index in [2.05, 4.69) is 15.5 Å². The zero-order valence-corrected chi connectivity index (χ0v) is 16.6. The number of aryl methyl sites for hydroxylation is 1. The Balaban J connectivity index is 1.55. The molecule has 7 nitrogen and oxygen atoms in total. The van der Waals surface area contributed by atoms with Gasteiger partial charge in [0.1, 0.15) is 16.8 Å². The summed E-state index contributed by atoms with van der Waals surface area (Å²) in [7, 11) is 0. The highest BCUT2D eigenvalue weighted by Gasteiger charge is 2.30. The lowest BCUT2D eigenvalue weighted by Crippen LogP contribution is -2.14. The largest absolute Gasteiger partial charge is 0.423 e. The Hall–Kier alpha value is -4.21. The fraction of sp³-hybridized carbons (Fsp3) is 0.0909. The smallest absolute Gasteiger partial charge is 0.416 e. The van der Waals surface area contributed by atoms with Crippen molar-refractivity contribution in [2.24, 2.45) is 0 Å².